The molecule has 1 aliphatic carbocycles. The topological polar surface area (TPSA) is 99.4 Å². The summed E-state index contributed by atoms with van der Waals surface area (Å²) in [5.41, 5.74) is 7.16. The number of rotatable bonds is 6. The minimum atomic E-state index is -0.580. The molecule has 8 nitrogen and oxygen atoms in total. The first-order valence-electron chi connectivity index (χ1n) is 10.5. The number of likely N-dealkylation sites (N-methyl/N-ethyl adjacent to an activating group) is 1. The Balaban J connectivity index is 1.46. The van der Waals surface area contributed by atoms with Crippen molar-refractivity contribution in [2.75, 3.05) is 48.8 Å². The van der Waals surface area contributed by atoms with Gasteiger partial charge >= 0.3 is 0 Å². The maximum absolute atomic E-state index is 14.3. The van der Waals surface area contributed by atoms with E-state index in [0.29, 0.717) is 17.1 Å². The van der Waals surface area contributed by atoms with Crippen LogP contribution in [0.3, 0.4) is 0 Å². The van der Waals surface area contributed by atoms with Crippen LogP contribution in [0.4, 0.5) is 27.5 Å². The first kappa shape index (κ1) is 21.6. The SMILES string of the molecule is CN1CCN(c2ccc(Nc3ncc(F)c(NC4CCCC4C(N)=O)n3)cc2Cl)CC1. The van der Waals surface area contributed by atoms with E-state index < -0.39 is 5.82 Å². The average Bonchev–Trinajstić information content (AvgIpc) is 3.20. The number of carbonyl (C=O) groups is 1. The fourth-order valence-corrected chi connectivity index (χ4v) is 4.50. The molecule has 2 atom stereocenters. The highest BCUT2D eigenvalue weighted by Gasteiger charge is 2.32. The zero-order valence-electron chi connectivity index (χ0n) is 17.4. The summed E-state index contributed by atoms with van der Waals surface area (Å²) >= 11 is 6.53. The average molecular weight is 448 g/mol. The zero-order chi connectivity index (χ0) is 22.0. The Labute approximate surface area is 186 Å². The van der Waals surface area contributed by atoms with Crippen LogP contribution in [0.5, 0.6) is 0 Å². The van der Waals surface area contributed by atoms with Gasteiger partial charge in [-0.3, -0.25) is 4.79 Å². The minimum absolute atomic E-state index is 0.0517. The summed E-state index contributed by atoms with van der Waals surface area (Å²) in [6.07, 6.45) is 3.40. The van der Waals surface area contributed by atoms with Gasteiger partial charge < -0.3 is 26.2 Å². The van der Waals surface area contributed by atoms with E-state index >= 15 is 0 Å². The number of hydrogen-bond acceptors (Lipinski definition) is 7. The molecule has 2 aromatic rings. The number of amides is 1. The van der Waals surface area contributed by atoms with Crippen LogP contribution < -0.4 is 21.3 Å². The second kappa shape index (κ2) is 9.23. The number of nitrogens with two attached hydrogens (primary N) is 1. The van der Waals surface area contributed by atoms with Gasteiger partial charge in [-0.25, -0.2) is 9.37 Å². The Morgan fingerprint density at radius 3 is 2.74 bits per heavy atom. The summed E-state index contributed by atoms with van der Waals surface area (Å²) in [5, 5.41) is 6.74. The Morgan fingerprint density at radius 1 is 1.26 bits per heavy atom. The smallest absolute Gasteiger partial charge is 0.229 e. The van der Waals surface area contributed by atoms with Gasteiger partial charge in [0.25, 0.3) is 0 Å². The van der Waals surface area contributed by atoms with Crippen molar-refractivity contribution >= 4 is 40.6 Å². The normalized spacial score (nSPS) is 21.8. The molecule has 2 unspecified atom stereocenters. The molecule has 4 rings (SSSR count). The van der Waals surface area contributed by atoms with Crippen LogP contribution in [0.1, 0.15) is 19.3 Å². The van der Waals surface area contributed by atoms with E-state index in [1.165, 1.54) is 0 Å². The lowest BCUT2D eigenvalue weighted by atomic mass is 10.0. The van der Waals surface area contributed by atoms with E-state index in [9.17, 15) is 9.18 Å². The molecule has 0 bridgehead atoms. The number of nitrogens with one attached hydrogen (secondary N) is 2. The molecule has 2 heterocycles. The lowest BCUT2D eigenvalue weighted by Crippen LogP contribution is -2.44. The number of carbonyl (C=O) groups excluding carboxylic acids is 1. The first-order valence-corrected chi connectivity index (χ1v) is 10.9. The summed E-state index contributed by atoms with van der Waals surface area (Å²) in [6, 6.07) is 5.45. The lowest BCUT2D eigenvalue weighted by Gasteiger charge is -2.34. The van der Waals surface area contributed by atoms with E-state index in [2.05, 4.69) is 37.4 Å². The number of piperazine rings is 1. The summed E-state index contributed by atoms with van der Waals surface area (Å²) < 4.78 is 14.3. The Hall–Kier alpha value is -2.65. The number of nitrogens with zero attached hydrogens (tertiary/aromatic N) is 4. The fraction of sp³-hybridized carbons (Fsp3) is 0.476. The van der Waals surface area contributed by atoms with Gasteiger partial charge in [-0.05, 0) is 38.1 Å². The molecule has 1 aromatic carbocycles. The van der Waals surface area contributed by atoms with Crippen LogP contribution in [0.25, 0.3) is 0 Å². The molecule has 2 aliphatic rings. The summed E-state index contributed by atoms with van der Waals surface area (Å²) in [4.78, 5) is 24.4. The predicted octanol–water partition coefficient (Wildman–Crippen LogP) is 2.83. The van der Waals surface area contributed by atoms with E-state index in [-0.39, 0.29) is 29.6 Å². The van der Waals surface area contributed by atoms with Crippen molar-refractivity contribution in [3.8, 4) is 0 Å². The van der Waals surface area contributed by atoms with Gasteiger partial charge in [-0.1, -0.05) is 18.0 Å². The van der Waals surface area contributed by atoms with Gasteiger partial charge in [0.05, 0.1) is 22.8 Å². The van der Waals surface area contributed by atoms with Crippen molar-refractivity contribution in [2.24, 2.45) is 11.7 Å². The lowest BCUT2D eigenvalue weighted by molar-refractivity contribution is -0.121. The van der Waals surface area contributed by atoms with Crippen LogP contribution in [-0.2, 0) is 4.79 Å². The molecule has 31 heavy (non-hydrogen) atoms. The number of anilines is 4. The molecule has 10 heteroatoms. The third-order valence-corrected chi connectivity index (χ3v) is 6.30. The Kier molecular flexibility index (Phi) is 6.43. The van der Waals surface area contributed by atoms with Gasteiger partial charge in [-0.15, -0.1) is 0 Å². The van der Waals surface area contributed by atoms with Gasteiger partial charge in [0, 0.05) is 37.9 Å². The van der Waals surface area contributed by atoms with Crippen molar-refractivity contribution in [2.45, 2.75) is 25.3 Å². The van der Waals surface area contributed by atoms with Crippen molar-refractivity contribution in [1.82, 2.24) is 14.9 Å². The molecule has 1 saturated carbocycles. The number of hydrogen-bond donors (Lipinski definition) is 3. The Morgan fingerprint density at radius 2 is 2.03 bits per heavy atom. The second-order valence-electron chi connectivity index (χ2n) is 8.16. The molecule has 0 spiro atoms. The largest absolute Gasteiger partial charge is 0.369 e. The zero-order valence-corrected chi connectivity index (χ0v) is 18.2. The van der Waals surface area contributed by atoms with Gasteiger partial charge in [0.2, 0.25) is 11.9 Å². The maximum atomic E-state index is 14.3. The van der Waals surface area contributed by atoms with Crippen LogP contribution >= 0.6 is 11.6 Å². The predicted molar refractivity (Wildman–Crippen MR) is 120 cm³/mol. The van der Waals surface area contributed by atoms with Gasteiger partial charge in [0.15, 0.2) is 11.6 Å². The second-order valence-corrected chi connectivity index (χ2v) is 8.57. The van der Waals surface area contributed by atoms with E-state index in [1.54, 1.807) is 0 Å². The van der Waals surface area contributed by atoms with Crippen LogP contribution in [-0.4, -0.2) is 60.0 Å². The molecule has 1 aromatic heterocycles. The molecule has 166 valence electrons. The Bertz CT molecular complexity index is 951. The van der Waals surface area contributed by atoms with Crippen molar-refractivity contribution in [3.63, 3.8) is 0 Å². The number of halogens is 2. The first-order chi connectivity index (χ1) is 14.9. The van der Waals surface area contributed by atoms with Crippen LogP contribution in [0.15, 0.2) is 24.4 Å². The maximum Gasteiger partial charge on any atom is 0.229 e. The minimum Gasteiger partial charge on any atom is -0.369 e. The third kappa shape index (κ3) is 4.99. The summed E-state index contributed by atoms with van der Waals surface area (Å²) in [7, 11) is 2.11. The van der Waals surface area contributed by atoms with Gasteiger partial charge in [0.1, 0.15) is 0 Å². The molecule has 1 amide bonds. The molecule has 4 N–H and O–H groups in total. The van der Waals surface area contributed by atoms with Gasteiger partial charge in [-0.2, -0.15) is 4.98 Å². The third-order valence-electron chi connectivity index (χ3n) is 6.00. The van der Waals surface area contributed by atoms with Crippen molar-refractivity contribution in [1.29, 1.82) is 0 Å². The van der Waals surface area contributed by atoms with Crippen LogP contribution in [0.2, 0.25) is 5.02 Å². The standard InChI is InChI=1S/C21H27ClFN7O/c1-29-7-9-30(10-8-29)18-6-5-13(11-15(18)22)26-21-25-12-16(23)20(28-21)27-17-4-2-3-14(17)19(24)31/h5-6,11-12,14,17H,2-4,7-10H2,1H3,(H2,24,31)(H2,25,26,27,28). The summed E-state index contributed by atoms with van der Waals surface area (Å²) in [5.74, 6) is -0.995. The highest BCUT2D eigenvalue weighted by molar-refractivity contribution is 6.33. The molecule has 1 saturated heterocycles. The van der Waals surface area contributed by atoms with Crippen molar-refractivity contribution < 1.29 is 9.18 Å². The number of primary amides is 1. The molecular weight excluding hydrogens is 421 g/mol. The monoisotopic (exact) mass is 447 g/mol. The summed E-state index contributed by atoms with van der Waals surface area (Å²) in [6.45, 7) is 3.83. The number of aromatic nitrogens is 2. The highest BCUT2D eigenvalue weighted by Crippen LogP contribution is 2.31. The molecule has 0 radical (unpaired) electrons. The fourth-order valence-electron chi connectivity index (χ4n) is 4.20. The van der Waals surface area contributed by atoms with Crippen LogP contribution in [0, 0.1) is 11.7 Å². The van der Waals surface area contributed by atoms with E-state index in [1.807, 2.05) is 18.2 Å². The van der Waals surface area contributed by atoms with Crippen molar-refractivity contribution in [3.05, 3.63) is 35.2 Å². The number of benzene rings is 1. The van der Waals surface area contributed by atoms with E-state index in [4.69, 9.17) is 17.3 Å². The van der Waals surface area contributed by atoms with E-state index in [0.717, 1.165) is 50.9 Å². The highest BCUT2D eigenvalue weighted by atomic mass is 35.5. The molecule has 1 aliphatic heterocycles. The quantitative estimate of drug-likeness (QED) is 0.626. The molecular formula is C21H27ClFN7O. The molecule has 2 fully saturated rings.